The Morgan fingerprint density at radius 3 is 3.04 bits per heavy atom. The van der Waals surface area contributed by atoms with Crippen LogP contribution in [0, 0.1) is 0 Å². The van der Waals surface area contributed by atoms with Crippen molar-refractivity contribution in [2.24, 2.45) is 0 Å². The van der Waals surface area contributed by atoms with Gasteiger partial charge in [-0.25, -0.2) is 4.68 Å². The number of nitrogens with zero attached hydrogens (tertiary/aromatic N) is 2. The van der Waals surface area contributed by atoms with E-state index in [2.05, 4.69) is 10.4 Å². The van der Waals surface area contributed by atoms with Crippen molar-refractivity contribution in [3.63, 3.8) is 0 Å². The van der Waals surface area contributed by atoms with Gasteiger partial charge in [0.1, 0.15) is 5.75 Å². The molecule has 1 aromatic heterocycles. The molecule has 1 aromatic carbocycles. The summed E-state index contributed by atoms with van der Waals surface area (Å²) in [5.41, 5.74) is 1.91. The molecule has 8 heteroatoms. The minimum Gasteiger partial charge on any atom is -0.484 e. The first-order valence-electron chi connectivity index (χ1n) is 8.58. The highest BCUT2D eigenvalue weighted by Gasteiger charge is 2.15. The number of aryl methyl sites for hydroxylation is 2. The fraction of sp³-hybridized carbons (Fsp3) is 0.389. The highest BCUT2D eigenvalue weighted by atomic mass is 16.7. The summed E-state index contributed by atoms with van der Waals surface area (Å²) in [5.74, 6) is 1.52. The molecular formula is C18H19N3O5. The lowest BCUT2D eigenvalue weighted by Crippen LogP contribution is -2.34. The number of amides is 1. The van der Waals surface area contributed by atoms with Crippen LogP contribution < -0.4 is 25.1 Å². The van der Waals surface area contributed by atoms with Gasteiger partial charge < -0.3 is 19.5 Å². The summed E-state index contributed by atoms with van der Waals surface area (Å²) >= 11 is 0. The maximum absolute atomic E-state index is 12.0. The third-order valence-corrected chi connectivity index (χ3v) is 4.38. The zero-order valence-corrected chi connectivity index (χ0v) is 14.2. The Labute approximate surface area is 149 Å². The zero-order chi connectivity index (χ0) is 17.9. The molecular weight excluding hydrogens is 338 g/mol. The van der Waals surface area contributed by atoms with Crippen LogP contribution in [-0.2, 0) is 24.2 Å². The molecule has 0 atom stereocenters. The predicted octanol–water partition coefficient (Wildman–Crippen LogP) is 0.656. The van der Waals surface area contributed by atoms with E-state index >= 15 is 0 Å². The number of carbonyl (C=O) groups excluding carboxylic acids is 1. The quantitative estimate of drug-likeness (QED) is 0.816. The second-order valence-electron chi connectivity index (χ2n) is 6.18. The lowest BCUT2D eigenvalue weighted by molar-refractivity contribution is -0.123. The van der Waals surface area contributed by atoms with Crippen molar-refractivity contribution < 1.29 is 19.0 Å². The second kappa shape index (κ2) is 7.07. The Morgan fingerprint density at radius 1 is 1.23 bits per heavy atom. The van der Waals surface area contributed by atoms with Gasteiger partial charge in [-0.15, -0.1) is 0 Å². The summed E-state index contributed by atoms with van der Waals surface area (Å²) in [7, 11) is 0. The molecule has 2 heterocycles. The van der Waals surface area contributed by atoms with Crippen LogP contribution in [0.3, 0.4) is 0 Å². The molecule has 2 aliphatic rings. The molecule has 2 aromatic rings. The van der Waals surface area contributed by atoms with Crippen LogP contribution in [0.1, 0.15) is 17.7 Å². The van der Waals surface area contributed by atoms with E-state index in [9.17, 15) is 9.59 Å². The fourth-order valence-electron chi connectivity index (χ4n) is 3.07. The molecule has 0 fully saturated rings. The minimum atomic E-state index is -0.267. The topological polar surface area (TPSA) is 91.7 Å². The molecule has 136 valence electrons. The molecule has 4 rings (SSSR count). The first-order valence-corrected chi connectivity index (χ1v) is 8.58. The molecule has 8 nitrogen and oxygen atoms in total. The van der Waals surface area contributed by atoms with Gasteiger partial charge in [0, 0.05) is 18.7 Å². The second-order valence-corrected chi connectivity index (χ2v) is 6.18. The molecule has 0 unspecified atom stereocenters. The van der Waals surface area contributed by atoms with E-state index in [1.165, 1.54) is 4.68 Å². The summed E-state index contributed by atoms with van der Waals surface area (Å²) in [6.45, 7) is 0.721. The van der Waals surface area contributed by atoms with Crippen LogP contribution >= 0.6 is 0 Å². The zero-order valence-electron chi connectivity index (χ0n) is 14.2. The summed E-state index contributed by atoms with van der Waals surface area (Å²) in [5, 5.41) is 7.10. The highest BCUT2D eigenvalue weighted by molar-refractivity contribution is 5.77. The Kier molecular flexibility index (Phi) is 4.47. The third kappa shape index (κ3) is 3.49. The number of hydrogen-bond acceptors (Lipinski definition) is 6. The average Bonchev–Trinajstić information content (AvgIpc) is 3.28. The fourth-order valence-corrected chi connectivity index (χ4v) is 3.07. The molecule has 0 spiro atoms. The maximum Gasteiger partial charge on any atom is 0.267 e. The molecule has 26 heavy (non-hydrogen) atoms. The van der Waals surface area contributed by atoms with E-state index in [-0.39, 0.29) is 24.9 Å². The van der Waals surface area contributed by atoms with Gasteiger partial charge in [0.2, 0.25) is 6.79 Å². The number of hydrogen-bond donors (Lipinski definition) is 1. The number of nitrogens with one attached hydrogen (secondary N) is 1. The van der Waals surface area contributed by atoms with E-state index in [1.807, 2.05) is 0 Å². The number of aromatic nitrogens is 2. The largest absolute Gasteiger partial charge is 0.484 e. The number of fused-ring (bicyclic) bond motifs is 2. The van der Waals surface area contributed by atoms with Crippen LogP contribution in [0.2, 0.25) is 0 Å². The van der Waals surface area contributed by atoms with Crippen molar-refractivity contribution in [2.75, 3.05) is 19.9 Å². The van der Waals surface area contributed by atoms with Gasteiger partial charge in [-0.05, 0) is 37.0 Å². The van der Waals surface area contributed by atoms with Crippen LogP contribution in [0.25, 0.3) is 0 Å². The summed E-state index contributed by atoms with van der Waals surface area (Å²) in [6.07, 6.45) is 2.87. The van der Waals surface area contributed by atoms with Gasteiger partial charge in [-0.3, -0.25) is 9.59 Å². The first-order chi connectivity index (χ1) is 12.7. The molecule has 1 aliphatic carbocycles. The smallest absolute Gasteiger partial charge is 0.267 e. The Morgan fingerprint density at radius 2 is 2.12 bits per heavy atom. The number of ether oxygens (including phenoxy) is 3. The normalized spacial score (nSPS) is 14.2. The molecule has 0 radical (unpaired) electrons. The number of benzene rings is 1. The summed E-state index contributed by atoms with van der Waals surface area (Å²) < 4.78 is 17.3. The predicted molar refractivity (Wildman–Crippen MR) is 91.6 cm³/mol. The van der Waals surface area contributed by atoms with Gasteiger partial charge in [-0.1, -0.05) is 0 Å². The van der Waals surface area contributed by atoms with Gasteiger partial charge >= 0.3 is 0 Å². The highest BCUT2D eigenvalue weighted by Crippen LogP contribution is 2.34. The van der Waals surface area contributed by atoms with Crippen LogP contribution in [0.4, 0.5) is 0 Å². The number of rotatable bonds is 6. The van der Waals surface area contributed by atoms with Crippen molar-refractivity contribution in [2.45, 2.75) is 25.8 Å². The van der Waals surface area contributed by atoms with Gasteiger partial charge in [0.25, 0.3) is 11.5 Å². The van der Waals surface area contributed by atoms with E-state index in [4.69, 9.17) is 14.2 Å². The van der Waals surface area contributed by atoms with Crippen LogP contribution in [0.5, 0.6) is 17.2 Å². The molecule has 0 bridgehead atoms. The van der Waals surface area contributed by atoms with Gasteiger partial charge in [0.05, 0.1) is 12.2 Å². The van der Waals surface area contributed by atoms with Crippen LogP contribution in [0.15, 0.2) is 29.1 Å². The molecule has 1 aliphatic heterocycles. The molecule has 1 N–H and O–H groups in total. The summed E-state index contributed by atoms with van der Waals surface area (Å²) in [4.78, 5) is 23.9. The monoisotopic (exact) mass is 357 g/mol. The van der Waals surface area contributed by atoms with Gasteiger partial charge in [-0.2, -0.15) is 5.10 Å². The Bertz CT molecular complexity index is 893. The minimum absolute atomic E-state index is 0.119. The Balaban J connectivity index is 1.25. The molecule has 1 amide bonds. The van der Waals surface area contributed by atoms with Crippen molar-refractivity contribution in [3.8, 4) is 17.2 Å². The molecule has 0 saturated heterocycles. The van der Waals surface area contributed by atoms with Crippen molar-refractivity contribution in [1.29, 1.82) is 0 Å². The number of carbonyl (C=O) groups is 1. The molecule has 0 saturated carbocycles. The van der Waals surface area contributed by atoms with E-state index in [1.54, 1.807) is 24.3 Å². The van der Waals surface area contributed by atoms with E-state index in [0.717, 1.165) is 30.5 Å². The van der Waals surface area contributed by atoms with Crippen molar-refractivity contribution in [1.82, 2.24) is 15.1 Å². The first kappa shape index (κ1) is 16.4. The Hall–Kier alpha value is -3.03. The van der Waals surface area contributed by atoms with Crippen molar-refractivity contribution >= 4 is 5.91 Å². The van der Waals surface area contributed by atoms with Crippen molar-refractivity contribution in [3.05, 3.63) is 45.9 Å². The lowest BCUT2D eigenvalue weighted by Gasteiger charge is -2.09. The summed E-state index contributed by atoms with van der Waals surface area (Å²) in [6, 6.07) is 6.79. The SMILES string of the molecule is O=C(COc1ccc2c(c1)OCO2)NCCn1nc2c(cc1=O)CCC2. The van der Waals surface area contributed by atoms with Gasteiger partial charge in [0.15, 0.2) is 18.1 Å². The lowest BCUT2D eigenvalue weighted by atomic mass is 10.2. The third-order valence-electron chi connectivity index (χ3n) is 4.38. The van der Waals surface area contributed by atoms with E-state index < -0.39 is 0 Å². The standard InChI is InChI=1S/C18H19N3O5/c22-17(10-24-13-4-5-15-16(9-13)26-11-25-15)19-6-7-21-18(23)8-12-2-1-3-14(12)20-21/h4-5,8-9H,1-3,6-7,10-11H2,(H,19,22). The van der Waals surface area contributed by atoms with E-state index in [0.29, 0.717) is 30.3 Å². The van der Waals surface area contributed by atoms with Crippen LogP contribution in [-0.4, -0.2) is 35.6 Å². The average molecular weight is 357 g/mol. The maximum atomic E-state index is 12.0.